The number of nitrogens with two attached hydrogens (primary N) is 1. The largest absolute Gasteiger partial charge is 0.326 e. The van der Waals surface area contributed by atoms with E-state index in [2.05, 4.69) is 54.4 Å². The maximum atomic E-state index is 6.41. The lowest BCUT2D eigenvalue weighted by Gasteiger charge is -2.46. The van der Waals surface area contributed by atoms with E-state index in [1.54, 1.807) is 11.3 Å². The molecular weight excluding hydrogens is 254 g/mol. The average Bonchev–Trinajstić information content (AvgIpc) is 2.89. The van der Waals surface area contributed by atoms with Crippen molar-refractivity contribution in [1.82, 2.24) is 9.80 Å². The molecule has 0 aliphatic carbocycles. The molecule has 4 unspecified atom stereocenters. The van der Waals surface area contributed by atoms with Crippen LogP contribution in [0.2, 0.25) is 0 Å². The minimum atomic E-state index is 0.220. The Labute approximate surface area is 121 Å². The number of rotatable bonds is 4. The normalized spacial score (nSPS) is 29.3. The molecule has 4 atom stereocenters. The third-order valence-corrected chi connectivity index (χ3v) is 5.24. The Morgan fingerprint density at radius 1 is 1.37 bits per heavy atom. The third kappa shape index (κ3) is 3.19. The summed E-state index contributed by atoms with van der Waals surface area (Å²) in [7, 11) is 2.23. The summed E-state index contributed by atoms with van der Waals surface area (Å²) in [6, 6.07) is 4.01. The molecule has 0 saturated carbocycles. The molecule has 1 aliphatic heterocycles. The molecule has 0 amide bonds. The minimum Gasteiger partial charge on any atom is -0.326 e. The van der Waals surface area contributed by atoms with Gasteiger partial charge < -0.3 is 5.73 Å². The number of thiophene rings is 1. The van der Waals surface area contributed by atoms with Crippen LogP contribution in [0.4, 0.5) is 0 Å². The molecule has 1 aromatic rings. The van der Waals surface area contributed by atoms with Crippen molar-refractivity contribution in [2.24, 2.45) is 5.73 Å². The number of likely N-dealkylation sites (N-methyl/N-ethyl adjacent to an activating group) is 1. The summed E-state index contributed by atoms with van der Waals surface area (Å²) in [5, 5.41) is 4.42. The second-order valence-corrected chi connectivity index (χ2v) is 6.67. The molecule has 2 N–H and O–H groups in total. The zero-order valence-corrected chi connectivity index (χ0v) is 13.4. The van der Waals surface area contributed by atoms with Crippen molar-refractivity contribution >= 4 is 11.3 Å². The molecule has 1 aliphatic rings. The Morgan fingerprint density at radius 3 is 2.47 bits per heavy atom. The van der Waals surface area contributed by atoms with Gasteiger partial charge in [-0.25, -0.2) is 0 Å². The average molecular weight is 281 g/mol. The third-order valence-electron chi connectivity index (χ3n) is 4.54. The SMILES string of the molecule is CCC(N)C(c1ccsc1)N1CC(C)N(C)C(C)C1. The van der Waals surface area contributed by atoms with Gasteiger partial charge in [0.1, 0.15) is 0 Å². The minimum absolute atomic E-state index is 0.220. The Bertz CT molecular complexity index is 367. The molecule has 4 heteroatoms. The summed E-state index contributed by atoms with van der Waals surface area (Å²) in [6.07, 6.45) is 1.02. The highest BCUT2D eigenvalue weighted by atomic mass is 32.1. The van der Waals surface area contributed by atoms with Crippen LogP contribution in [0.1, 0.15) is 38.8 Å². The zero-order chi connectivity index (χ0) is 14.0. The molecule has 2 heterocycles. The van der Waals surface area contributed by atoms with Gasteiger partial charge in [0.2, 0.25) is 0 Å². The van der Waals surface area contributed by atoms with E-state index in [1.165, 1.54) is 5.56 Å². The molecule has 108 valence electrons. The van der Waals surface area contributed by atoms with E-state index in [0.717, 1.165) is 19.5 Å². The van der Waals surface area contributed by atoms with E-state index < -0.39 is 0 Å². The van der Waals surface area contributed by atoms with Crippen LogP contribution in [0.25, 0.3) is 0 Å². The molecule has 0 aromatic carbocycles. The van der Waals surface area contributed by atoms with Crippen molar-refractivity contribution in [1.29, 1.82) is 0 Å². The van der Waals surface area contributed by atoms with E-state index in [0.29, 0.717) is 18.1 Å². The molecule has 1 fully saturated rings. The van der Waals surface area contributed by atoms with Gasteiger partial charge >= 0.3 is 0 Å². The van der Waals surface area contributed by atoms with Crippen LogP contribution in [-0.4, -0.2) is 48.1 Å². The van der Waals surface area contributed by atoms with Crippen LogP contribution in [0.15, 0.2) is 16.8 Å². The molecule has 0 bridgehead atoms. The molecule has 19 heavy (non-hydrogen) atoms. The van der Waals surface area contributed by atoms with E-state index in [4.69, 9.17) is 5.73 Å². The van der Waals surface area contributed by atoms with Gasteiger partial charge in [-0.15, -0.1) is 0 Å². The van der Waals surface area contributed by atoms with Crippen LogP contribution >= 0.6 is 11.3 Å². The quantitative estimate of drug-likeness (QED) is 0.920. The summed E-state index contributed by atoms with van der Waals surface area (Å²) < 4.78 is 0. The van der Waals surface area contributed by atoms with Gasteiger partial charge in [-0.2, -0.15) is 11.3 Å². The highest BCUT2D eigenvalue weighted by molar-refractivity contribution is 7.07. The molecule has 1 saturated heterocycles. The Kier molecular flexibility index (Phi) is 5.01. The van der Waals surface area contributed by atoms with E-state index in [1.807, 2.05) is 0 Å². The maximum absolute atomic E-state index is 6.41. The molecule has 0 spiro atoms. The number of nitrogens with zero attached hydrogens (tertiary/aromatic N) is 2. The van der Waals surface area contributed by atoms with Crippen molar-refractivity contribution in [3.05, 3.63) is 22.4 Å². The molecule has 3 nitrogen and oxygen atoms in total. The number of piperazine rings is 1. The molecule has 0 radical (unpaired) electrons. The zero-order valence-electron chi connectivity index (χ0n) is 12.5. The number of hydrogen-bond donors (Lipinski definition) is 1. The maximum Gasteiger partial charge on any atom is 0.0508 e. The fourth-order valence-corrected chi connectivity index (χ4v) is 3.76. The topological polar surface area (TPSA) is 32.5 Å². The Hall–Kier alpha value is -0.420. The second-order valence-electron chi connectivity index (χ2n) is 5.89. The van der Waals surface area contributed by atoms with Gasteiger partial charge in [-0.3, -0.25) is 9.80 Å². The lowest BCUT2D eigenvalue weighted by Crippen LogP contribution is -2.57. The summed E-state index contributed by atoms with van der Waals surface area (Å²) >= 11 is 1.77. The van der Waals surface area contributed by atoms with E-state index in [-0.39, 0.29) is 6.04 Å². The van der Waals surface area contributed by atoms with Crippen LogP contribution in [0.5, 0.6) is 0 Å². The Balaban J connectivity index is 2.19. The predicted molar refractivity (Wildman–Crippen MR) is 83.6 cm³/mol. The van der Waals surface area contributed by atoms with Gasteiger partial charge in [-0.05, 0) is 49.7 Å². The van der Waals surface area contributed by atoms with Crippen LogP contribution in [0.3, 0.4) is 0 Å². The lowest BCUT2D eigenvalue weighted by atomic mass is 9.96. The van der Waals surface area contributed by atoms with Crippen molar-refractivity contribution in [2.75, 3.05) is 20.1 Å². The van der Waals surface area contributed by atoms with Crippen LogP contribution < -0.4 is 5.73 Å². The first-order chi connectivity index (χ1) is 9.04. The van der Waals surface area contributed by atoms with Crippen LogP contribution in [-0.2, 0) is 0 Å². The van der Waals surface area contributed by atoms with E-state index >= 15 is 0 Å². The van der Waals surface area contributed by atoms with Gasteiger partial charge in [0.25, 0.3) is 0 Å². The van der Waals surface area contributed by atoms with Crippen molar-refractivity contribution < 1.29 is 0 Å². The number of hydrogen-bond acceptors (Lipinski definition) is 4. The summed E-state index contributed by atoms with van der Waals surface area (Å²) in [5.74, 6) is 0. The highest BCUT2D eigenvalue weighted by Crippen LogP contribution is 2.30. The smallest absolute Gasteiger partial charge is 0.0508 e. The van der Waals surface area contributed by atoms with Gasteiger partial charge in [0.15, 0.2) is 0 Å². The van der Waals surface area contributed by atoms with Crippen LogP contribution in [0, 0.1) is 0 Å². The first-order valence-electron chi connectivity index (χ1n) is 7.28. The lowest BCUT2D eigenvalue weighted by molar-refractivity contribution is 0.0255. The van der Waals surface area contributed by atoms with Crippen molar-refractivity contribution in [2.45, 2.75) is 51.4 Å². The monoisotopic (exact) mass is 281 g/mol. The molecular formula is C15H27N3S. The van der Waals surface area contributed by atoms with Gasteiger partial charge in [0.05, 0.1) is 6.04 Å². The molecule has 1 aromatic heterocycles. The summed E-state index contributed by atoms with van der Waals surface area (Å²) in [6.45, 7) is 9.02. The first-order valence-corrected chi connectivity index (χ1v) is 8.22. The van der Waals surface area contributed by atoms with Crippen molar-refractivity contribution in [3.8, 4) is 0 Å². The fourth-order valence-electron chi connectivity index (χ4n) is 3.07. The van der Waals surface area contributed by atoms with Gasteiger partial charge in [0, 0.05) is 31.2 Å². The van der Waals surface area contributed by atoms with E-state index in [9.17, 15) is 0 Å². The summed E-state index contributed by atoms with van der Waals surface area (Å²) in [5.41, 5.74) is 7.81. The second kappa shape index (κ2) is 6.35. The van der Waals surface area contributed by atoms with Crippen molar-refractivity contribution in [3.63, 3.8) is 0 Å². The highest BCUT2D eigenvalue weighted by Gasteiger charge is 2.33. The molecule has 2 rings (SSSR count). The Morgan fingerprint density at radius 2 is 2.00 bits per heavy atom. The predicted octanol–water partition coefficient (Wildman–Crippen LogP) is 2.55. The standard InChI is InChI=1S/C15H27N3S/c1-5-14(16)15(13-6-7-19-10-13)18-8-11(2)17(4)12(3)9-18/h6-7,10-12,14-15H,5,8-9,16H2,1-4H3. The van der Waals surface area contributed by atoms with Gasteiger partial charge in [-0.1, -0.05) is 6.92 Å². The first kappa shape index (κ1) is 15.0. The summed E-state index contributed by atoms with van der Waals surface area (Å²) in [4.78, 5) is 5.06. The fraction of sp³-hybridized carbons (Fsp3) is 0.733.